The summed E-state index contributed by atoms with van der Waals surface area (Å²) < 4.78 is 5.26. The lowest BCUT2D eigenvalue weighted by atomic mass is 10.0. The Morgan fingerprint density at radius 3 is 2.19 bits per heavy atom. The Morgan fingerprint density at radius 1 is 0.938 bits per heavy atom. The lowest BCUT2D eigenvalue weighted by Crippen LogP contribution is -2.12. The van der Waals surface area contributed by atoms with Crippen molar-refractivity contribution < 1.29 is 9.53 Å². The van der Waals surface area contributed by atoms with Crippen LogP contribution < -0.4 is 0 Å². The summed E-state index contributed by atoms with van der Waals surface area (Å²) in [6.07, 6.45) is 12.0. The molecule has 0 aromatic carbocycles. The van der Waals surface area contributed by atoms with Gasteiger partial charge in [0.15, 0.2) is 0 Å². The molecule has 0 bridgehead atoms. The standard InChI is InChI=1S/C14H26O2/c1-13-10-8-6-4-2-3-5-7-9-11-14(15)16-12-13/h13H,2-12H2,1H3. The lowest BCUT2D eigenvalue weighted by molar-refractivity contribution is -0.145. The largest absolute Gasteiger partial charge is 0.465 e. The van der Waals surface area contributed by atoms with Crippen molar-refractivity contribution in [3.63, 3.8) is 0 Å². The summed E-state index contributed by atoms with van der Waals surface area (Å²) in [5, 5.41) is 0. The molecule has 1 rings (SSSR count). The van der Waals surface area contributed by atoms with E-state index in [-0.39, 0.29) is 5.97 Å². The van der Waals surface area contributed by atoms with Gasteiger partial charge in [0, 0.05) is 6.42 Å². The number of cyclic esters (lactones) is 1. The predicted octanol–water partition coefficient (Wildman–Crippen LogP) is 4.08. The minimum absolute atomic E-state index is 0.00362. The van der Waals surface area contributed by atoms with E-state index >= 15 is 0 Å². The summed E-state index contributed by atoms with van der Waals surface area (Å²) in [6, 6.07) is 0. The van der Waals surface area contributed by atoms with Crippen LogP contribution in [0.5, 0.6) is 0 Å². The molecule has 0 radical (unpaired) electrons. The van der Waals surface area contributed by atoms with E-state index in [0.717, 1.165) is 6.42 Å². The molecule has 0 N–H and O–H groups in total. The fourth-order valence-electron chi connectivity index (χ4n) is 2.21. The highest BCUT2D eigenvalue weighted by Crippen LogP contribution is 2.15. The summed E-state index contributed by atoms with van der Waals surface area (Å²) in [6.45, 7) is 2.80. The lowest BCUT2D eigenvalue weighted by Gasteiger charge is -2.12. The molecule has 1 aliphatic rings. The van der Waals surface area contributed by atoms with Crippen molar-refractivity contribution in [2.75, 3.05) is 6.61 Å². The van der Waals surface area contributed by atoms with E-state index in [2.05, 4.69) is 6.92 Å². The molecule has 94 valence electrons. The Bertz CT molecular complexity index is 189. The molecule has 1 fully saturated rings. The second-order valence-electron chi connectivity index (χ2n) is 5.16. The first-order chi connectivity index (χ1) is 7.79. The van der Waals surface area contributed by atoms with E-state index in [1.165, 1.54) is 51.4 Å². The van der Waals surface area contributed by atoms with Crippen LogP contribution in [-0.4, -0.2) is 12.6 Å². The molecule has 0 aliphatic carbocycles. The second kappa shape index (κ2) is 8.60. The molecule has 1 unspecified atom stereocenters. The van der Waals surface area contributed by atoms with E-state index in [1.807, 2.05) is 0 Å². The van der Waals surface area contributed by atoms with Crippen molar-refractivity contribution in [1.82, 2.24) is 0 Å². The van der Waals surface area contributed by atoms with Crippen molar-refractivity contribution in [3.8, 4) is 0 Å². The second-order valence-corrected chi connectivity index (χ2v) is 5.16. The molecule has 0 amide bonds. The number of esters is 1. The minimum atomic E-state index is 0.00362. The molecule has 0 aromatic heterocycles. The van der Waals surface area contributed by atoms with E-state index in [9.17, 15) is 4.79 Å². The van der Waals surface area contributed by atoms with Gasteiger partial charge in [0.25, 0.3) is 0 Å². The van der Waals surface area contributed by atoms with Gasteiger partial charge in [0.05, 0.1) is 6.61 Å². The molecule has 0 spiro atoms. The van der Waals surface area contributed by atoms with Crippen LogP contribution in [0.25, 0.3) is 0 Å². The van der Waals surface area contributed by atoms with Crippen LogP contribution in [0.1, 0.15) is 71.1 Å². The Hall–Kier alpha value is -0.530. The average Bonchev–Trinajstić information content (AvgIpc) is 2.28. The summed E-state index contributed by atoms with van der Waals surface area (Å²) in [5.74, 6) is 0.538. The maximum atomic E-state index is 11.4. The van der Waals surface area contributed by atoms with Crippen molar-refractivity contribution in [1.29, 1.82) is 0 Å². The van der Waals surface area contributed by atoms with Crippen LogP contribution in [-0.2, 0) is 9.53 Å². The van der Waals surface area contributed by atoms with Gasteiger partial charge < -0.3 is 4.74 Å². The number of hydrogen-bond donors (Lipinski definition) is 0. The SMILES string of the molecule is CC1CCCCCCCCCCC(=O)OC1. The Labute approximate surface area is 99.8 Å². The average molecular weight is 226 g/mol. The van der Waals surface area contributed by atoms with Gasteiger partial charge in [-0.1, -0.05) is 51.9 Å². The number of carbonyl (C=O) groups is 1. The first-order valence-electron chi connectivity index (χ1n) is 6.94. The number of hydrogen-bond acceptors (Lipinski definition) is 2. The van der Waals surface area contributed by atoms with Crippen molar-refractivity contribution in [2.24, 2.45) is 5.92 Å². The highest BCUT2D eigenvalue weighted by atomic mass is 16.5. The summed E-state index contributed by atoms with van der Waals surface area (Å²) in [7, 11) is 0. The molecule has 16 heavy (non-hydrogen) atoms. The molecule has 0 saturated carbocycles. The van der Waals surface area contributed by atoms with Gasteiger partial charge in [-0.05, 0) is 18.8 Å². The molecule has 0 aromatic rings. The maximum absolute atomic E-state index is 11.4. The van der Waals surface area contributed by atoms with Gasteiger partial charge in [-0.3, -0.25) is 4.79 Å². The fraction of sp³-hybridized carbons (Fsp3) is 0.929. The van der Waals surface area contributed by atoms with E-state index in [4.69, 9.17) is 4.74 Å². The zero-order chi connectivity index (χ0) is 11.6. The third kappa shape index (κ3) is 6.86. The van der Waals surface area contributed by atoms with Gasteiger partial charge in [-0.25, -0.2) is 0 Å². The first kappa shape index (κ1) is 13.5. The van der Waals surface area contributed by atoms with Gasteiger partial charge in [-0.15, -0.1) is 0 Å². The predicted molar refractivity (Wildman–Crippen MR) is 66.3 cm³/mol. The Morgan fingerprint density at radius 2 is 1.50 bits per heavy atom. The van der Waals surface area contributed by atoms with Crippen LogP contribution >= 0.6 is 0 Å². The highest BCUT2D eigenvalue weighted by molar-refractivity contribution is 5.69. The van der Waals surface area contributed by atoms with Crippen LogP contribution in [0.4, 0.5) is 0 Å². The van der Waals surface area contributed by atoms with Crippen LogP contribution in [0.2, 0.25) is 0 Å². The quantitative estimate of drug-likeness (QED) is 0.582. The molecule has 2 nitrogen and oxygen atoms in total. The Kier molecular flexibility index (Phi) is 7.28. The molecule has 1 heterocycles. The topological polar surface area (TPSA) is 26.3 Å². The molecule has 1 saturated heterocycles. The van der Waals surface area contributed by atoms with Crippen molar-refractivity contribution in [3.05, 3.63) is 0 Å². The third-order valence-electron chi connectivity index (χ3n) is 3.36. The molecular formula is C14H26O2. The van der Waals surface area contributed by atoms with E-state index < -0.39 is 0 Å². The normalized spacial score (nSPS) is 26.8. The Balaban J connectivity index is 2.23. The van der Waals surface area contributed by atoms with Crippen LogP contribution in [0, 0.1) is 5.92 Å². The smallest absolute Gasteiger partial charge is 0.305 e. The monoisotopic (exact) mass is 226 g/mol. The summed E-state index contributed by atoms with van der Waals surface area (Å²) in [5.41, 5.74) is 0. The maximum Gasteiger partial charge on any atom is 0.305 e. The van der Waals surface area contributed by atoms with Crippen LogP contribution in [0.15, 0.2) is 0 Å². The molecule has 1 atom stereocenters. The molecule has 1 aliphatic heterocycles. The van der Waals surface area contributed by atoms with Crippen molar-refractivity contribution >= 4 is 5.97 Å². The summed E-state index contributed by atoms with van der Waals surface area (Å²) >= 11 is 0. The fourth-order valence-corrected chi connectivity index (χ4v) is 2.21. The molecular weight excluding hydrogens is 200 g/mol. The number of rotatable bonds is 0. The van der Waals surface area contributed by atoms with Gasteiger partial charge >= 0.3 is 5.97 Å². The minimum Gasteiger partial charge on any atom is -0.465 e. The van der Waals surface area contributed by atoms with Crippen molar-refractivity contribution in [2.45, 2.75) is 71.1 Å². The third-order valence-corrected chi connectivity index (χ3v) is 3.36. The van der Waals surface area contributed by atoms with Gasteiger partial charge in [-0.2, -0.15) is 0 Å². The number of carbonyl (C=O) groups excluding carboxylic acids is 1. The number of ether oxygens (including phenoxy) is 1. The van der Waals surface area contributed by atoms with Crippen LogP contribution in [0.3, 0.4) is 0 Å². The van der Waals surface area contributed by atoms with Gasteiger partial charge in [0.2, 0.25) is 0 Å². The van der Waals surface area contributed by atoms with E-state index in [1.54, 1.807) is 0 Å². The van der Waals surface area contributed by atoms with Gasteiger partial charge in [0.1, 0.15) is 0 Å². The zero-order valence-electron chi connectivity index (χ0n) is 10.7. The first-order valence-corrected chi connectivity index (χ1v) is 6.94. The summed E-state index contributed by atoms with van der Waals surface area (Å²) in [4.78, 5) is 11.4. The molecule has 2 heteroatoms. The van der Waals surface area contributed by atoms with E-state index in [0.29, 0.717) is 18.9 Å². The zero-order valence-corrected chi connectivity index (χ0v) is 10.7. The highest BCUT2D eigenvalue weighted by Gasteiger charge is 2.08.